The van der Waals surface area contributed by atoms with E-state index in [1.165, 1.54) is 12.5 Å². The van der Waals surface area contributed by atoms with Crippen molar-refractivity contribution in [1.29, 1.82) is 0 Å². The lowest BCUT2D eigenvalue weighted by molar-refractivity contribution is 0.0696. The van der Waals surface area contributed by atoms with Gasteiger partial charge in [0.2, 0.25) is 0 Å². The average molecular weight is 418 g/mol. The minimum atomic E-state index is -0.895. The molecule has 2 aromatic carbocycles. The minimum Gasteiger partial charge on any atom is -0.478 e. The van der Waals surface area contributed by atoms with Gasteiger partial charge in [0.1, 0.15) is 5.82 Å². The molecule has 1 saturated carbocycles. The first-order chi connectivity index (χ1) is 12.5. The number of carbonyl (C=O) groups is 1. The van der Waals surface area contributed by atoms with Crippen molar-refractivity contribution in [3.8, 4) is 0 Å². The van der Waals surface area contributed by atoms with Crippen molar-refractivity contribution < 1.29 is 14.3 Å². The first kappa shape index (κ1) is 17.5. The Morgan fingerprint density at radius 3 is 2.65 bits per heavy atom. The Balaban J connectivity index is 1.81. The van der Waals surface area contributed by atoms with Crippen LogP contribution in [0.5, 0.6) is 0 Å². The molecule has 1 aliphatic carbocycles. The predicted molar refractivity (Wildman–Crippen MR) is 103 cm³/mol. The van der Waals surface area contributed by atoms with Crippen LogP contribution in [-0.4, -0.2) is 11.1 Å². The fourth-order valence-electron chi connectivity index (χ4n) is 4.65. The lowest BCUT2D eigenvalue weighted by atomic mass is 9.63. The highest BCUT2D eigenvalue weighted by Crippen LogP contribution is 2.52. The Morgan fingerprint density at radius 1 is 1.15 bits per heavy atom. The Kier molecular flexibility index (Phi) is 4.51. The summed E-state index contributed by atoms with van der Waals surface area (Å²) in [5.41, 5.74) is 3.30. The van der Waals surface area contributed by atoms with Crippen LogP contribution < -0.4 is 5.32 Å². The number of nitrogens with one attached hydrogen (secondary N) is 1. The molecule has 2 aromatic rings. The molecule has 0 radical (unpaired) electrons. The molecule has 2 aliphatic rings. The molecule has 1 unspecified atom stereocenters. The van der Waals surface area contributed by atoms with Crippen LogP contribution in [0.4, 0.5) is 10.1 Å². The van der Waals surface area contributed by atoms with E-state index in [0.717, 1.165) is 53.4 Å². The van der Waals surface area contributed by atoms with Crippen LogP contribution >= 0.6 is 15.9 Å². The van der Waals surface area contributed by atoms with E-state index >= 15 is 0 Å². The quantitative estimate of drug-likeness (QED) is 0.625. The van der Waals surface area contributed by atoms with Gasteiger partial charge in [-0.05, 0) is 72.2 Å². The molecule has 4 rings (SSSR count). The molecule has 2 N–H and O–H groups in total. The summed E-state index contributed by atoms with van der Waals surface area (Å²) in [6.07, 6.45) is 6.46. The van der Waals surface area contributed by atoms with Crippen LogP contribution in [0.25, 0.3) is 0 Å². The number of carboxylic acid groups (broad SMARTS) is 1. The normalized spacial score (nSPS) is 21.1. The Labute approximate surface area is 160 Å². The molecule has 1 heterocycles. The predicted octanol–water partition coefficient (Wildman–Crippen LogP) is 6.05. The maximum absolute atomic E-state index is 13.9. The van der Waals surface area contributed by atoms with Gasteiger partial charge in [0.25, 0.3) is 0 Å². The second-order valence-electron chi connectivity index (χ2n) is 7.47. The van der Waals surface area contributed by atoms with Crippen molar-refractivity contribution in [2.45, 2.75) is 50.0 Å². The highest BCUT2D eigenvalue weighted by atomic mass is 79.9. The Bertz CT molecular complexity index is 861. The van der Waals surface area contributed by atoms with Gasteiger partial charge < -0.3 is 10.4 Å². The molecule has 1 spiro atoms. The molecule has 0 bridgehead atoms. The van der Waals surface area contributed by atoms with Crippen LogP contribution in [0, 0.1) is 5.82 Å². The summed E-state index contributed by atoms with van der Waals surface area (Å²) < 4.78 is 14.8. The molecule has 3 nitrogen and oxygen atoms in total. The maximum Gasteiger partial charge on any atom is 0.335 e. The number of rotatable bonds is 2. The van der Waals surface area contributed by atoms with Gasteiger partial charge >= 0.3 is 5.97 Å². The van der Waals surface area contributed by atoms with Gasteiger partial charge in [0.05, 0.1) is 11.6 Å². The second kappa shape index (κ2) is 6.69. The SMILES string of the molecule is O=C(O)c1ccc2c(c1)C1(CCCCC1)CC(c1cc(F)ccc1Br)N2. The van der Waals surface area contributed by atoms with E-state index in [2.05, 4.69) is 21.2 Å². The molecule has 0 amide bonds. The lowest BCUT2D eigenvalue weighted by Crippen LogP contribution is -2.38. The first-order valence-electron chi connectivity index (χ1n) is 9.08. The fraction of sp³-hybridized carbons (Fsp3) is 0.381. The van der Waals surface area contributed by atoms with Crippen molar-refractivity contribution in [3.63, 3.8) is 0 Å². The molecule has 26 heavy (non-hydrogen) atoms. The smallest absolute Gasteiger partial charge is 0.335 e. The molecule has 1 aliphatic heterocycles. The molecular formula is C21H21BrFNO2. The standard InChI is InChI=1S/C21H21BrFNO2/c22-17-6-5-14(23)11-15(17)19-12-21(8-2-1-3-9-21)16-10-13(20(25)26)4-7-18(16)24-19/h4-7,10-11,19,24H,1-3,8-9,12H2,(H,25,26). The van der Waals surface area contributed by atoms with Crippen LogP contribution in [0.1, 0.15) is 66.1 Å². The van der Waals surface area contributed by atoms with Gasteiger partial charge in [-0.1, -0.05) is 35.2 Å². The highest BCUT2D eigenvalue weighted by Gasteiger charge is 2.42. The van der Waals surface area contributed by atoms with Gasteiger partial charge in [-0.25, -0.2) is 9.18 Å². The fourth-order valence-corrected chi connectivity index (χ4v) is 5.18. The summed E-state index contributed by atoms with van der Waals surface area (Å²) in [5.74, 6) is -1.14. The number of benzene rings is 2. The van der Waals surface area contributed by atoms with E-state index in [-0.39, 0.29) is 17.3 Å². The van der Waals surface area contributed by atoms with Gasteiger partial charge in [0, 0.05) is 10.2 Å². The average Bonchev–Trinajstić information content (AvgIpc) is 2.64. The van der Waals surface area contributed by atoms with E-state index in [1.54, 1.807) is 18.2 Å². The van der Waals surface area contributed by atoms with Gasteiger partial charge in [-0.2, -0.15) is 0 Å². The van der Waals surface area contributed by atoms with E-state index < -0.39 is 5.97 Å². The lowest BCUT2D eigenvalue weighted by Gasteiger charge is -2.46. The van der Waals surface area contributed by atoms with E-state index in [4.69, 9.17) is 0 Å². The van der Waals surface area contributed by atoms with Crippen LogP contribution in [0.2, 0.25) is 0 Å². The van der Waals surface area contributed by atoms with E-state index in [0.29, 0.717) is 5.56 Å². The third kappa shape index (κ3) is 3.02. The number of carboxylic acids is 1. The first-order valence-corrected chi connectivity index (χ1v) is 9.87. The van der Waals surface area contributed by atoms with Crippen LogP contribution in [-0.2, 0) is 5.41 Å². The summed E-state index contributed by atoms with van der Waals surface area (Å²) in [4.78, 5) is 11.5. The molecular weight excluding hydrogens is 397 g/mol. The molecule has 0 aromatic heterocycles. The zero-order chi connectivity index (χ0) is 18.3. The molecule has 1 fully saturated rings. The van der Waals surface area contributed by atoms with Crippen molar-refractivity contribution in [2.24, 2.45) is 0 Å². The summed E-state index contributed by atoms with van der Waals surface area (Å²) in [6, 6.07) is 10.2. The molecule has 136 valence electrons. The molecule has 0 saturated heterocycles. The van der Waals surface area contributed by atoms with E-state index in [9.17, 15) is 14.3 Å². The number of hydrogen-bond donors (Lipinski definition) is 2. The summed E-state index contributed by atoms with van der Waals surface area (Å²) >= 11 is 3.56. The van der Waals surface area contributed by atoms with E-state index in [1.807, 2.05) is 12.1 Å². The van der Waals surface area contributed by atoms with Crippen molar-refractivity contribution in [3.05, 3.63) is 63.4 Å². The van der Waals surface area contributed by atoms with Crippen LogP contribution in [0.15, 0.2) is 40.9 Å². The summed E-state index contributed by atoms with van der Waals surface area (Å²) in [7, 11) is 0. The number of halogens is 2. The van der Waals surface area contributed by atoms with Crippen molar-refractivity contribution in [2.75, 3.05) is 5.32 Å². The highest BCUT2D eigenvalue weighted by molar-refractivity contribution is 9.10. The number of aromatic carboxylic acids is 1. The zero-order valence-electron chi connectivity index (χ0n) is 14.4. The van der Waals surface area contributed by atoms with Crippen molar-refractivity contribution in [1.82, 2.24) is 0 Å². The van der Waals surface area contributed by atoms with Gasteiger partial charge in [0.15, 0.2) is 0 Å². The topological polar surface area (TPSA) is 49.3 Å². The zero-order valence-corrected chi connectivity index (χ0v) is 16.0. The van der Waals surface area contributed by atoms with Gasteiger partial charge in [-0.3, -0.25) is 0 Å². The second-order valence-corrected chi connectivity index (χ2v) is 8.33. The summed E-state index contributed by atoms with van der Waals surface area (Å²) in [6.45, 7) is 0. The summed E-state index contributed by atoms with van der Waals surface area (Å²) in [5, 5.41) is 12.9. The molecule has 5 heteroatoms. The maximum atomic E-state index is 13.9. The Hall–Kier alpha value is -1.88. The largest absolute Gasteiger partial charge is 0.478 e. The number of hydrogen-bond acceptors (Lipinski definition) is 2. The third-order valence-electron chi connectivity index (χ3n) is 5.91. The minimum absolute atomic E-state index is 0.00125. The van der Waals surface area contributed by atoms with Crippen molar-refractivity contribution >= 4 is 27.6 Å². The molecule has 1 atom stereocenters. The monoisotopic (exact) mass is 417 g/mol. The number of fused-ring (bicyclic) bond motifs is 2. The number of anilines is 1. The third-order valence-corrected chi connectivity index (χ3v) is 6.63. The van der Waals surface area contributed by atoms with Gasteiger partial charge in [-0.15, -0.1) is 0 Å². The Morgan fingerprint density at radius 2 is 1.92 bits per heavy atom. The van der Waals surface area contributed by atoms with Crippen LogP contribution in [0.3, 0.4) is 0 Å².